The van der Waals surface area contributed by atoms with Gasteiger partial charge in [0.05, 0.1) is 18.4 Å². The molecule has 0 fully saturated rings. The van der Waals surface area contributed by atoms with Crippen LogP contribution in [0.2, 0.25) is 5.02 Å². The molecule has 0 heterocycles. The lowest BCUT2D eigenvalue weighted by molar-refractivity contribution is -0.114. The summed E-state index contributed by atoms with van der Waals surface area (Å²) >= 11 is 5.92. The maximum Gasteiger partial charge on any atom is 0.340 e. The Bertz CT molecular complexity index is 730. The highest BCUT2D eigenvalue weighted by atomic mass is 35.5. The van der Waals surface area contributed by atoms with Crippen LogP contribution in [0, 0.1) is 0 Å². The third-order valence-electron chi connectivity index (χ3n) is 3.00. The average Bonchev–Trinajstić information content (AvgIpc) is 2.52. The molecule has 2 aromatic rings. The first kappa shape index (κ1) is 16.8. The molecule has 0 radical (unpaired) electrons. The molecule has 0 atom stereocenters. The number of amides is 1. The second-order valence-electron chi connectivity index (χ2n) is 4.80. The maximum atomic E-state index is 11.8. The van der Waals surface area contributed by atoms with Crippen molar-refractivity contribution in [3.63, 3.8) is 0 Å². The molecule has 0 aliphatic heterocycles. The zero-order valence-corrected chi connectivity index (χ0v) is 13.5. The van der Waals surface area contributed by atoms with Crippen molar-refractivity contribution in [3.8, 4) is 5.75 Å². The van der Waals surface area contributed by atoms with Crippen LogP contribution in [0.1, 0.15) is 22.8 Å². The molecule has 0 bridgehead atoms. The summed E-state index contributed by atoms with van der Waals surface area (Å²) in [6.45, 7) is 1.67. The van der Waals surface area contributed by atoms with E-state index in [1.54, 1.807) is 24.3 Å². The molecule has 0 aliphatic carbocycles. The Kier molecular flexibility index (Phi) is 5.60. The zero-order chi connectivity index (χ0) is 16.8. The fraction of sp³-hybridized carbons (Fsp3) is 0.176. The van der Waals surface area contributed by atoms with Gasteiger partial charge in [-0.2, -0.15) is 0 Å². The van der Waals surface area contributed by atoms with Crippen molar-refractivity contribution in [1.29, 1.82) is 0 Å². The second-order valence-corrected chi connectivity index (χ2v) is 5.24. The molecule has 0 saturated carbocycles. The van der Waals surface area contributed by atoms with Crippen LogP contribution in [0.5, 0.6) is 5.75 Å². The highest BCUT2D eigenvalue weighted by Gasteiger charge is 2.14. The largest absolute Gasteiger partial charge is 0.489 e. The van der Waals surface area contributed by atoms with E-state index in [0.717, 1.165) is 5.56 Å². The van der Waals surface area contributed by atoms with E-state index in [0.29, 0.717) is 23.1 Å². The van der Waals surface area contributed by atoms with Crippen LogP contribution in [0.25, 0.3) is 0 Å². The van der Waals surface area contributed by atoms with E-state index in [4.69, 9.17) is 21.1 Å². The zero-order valence-electron chi connectivity index (χ0n) is 12.8. The number of carbonyl (C=O) groups excluding carboxylic acids is 2. The van der Waals surface area contributed by atoms with Gasteiger partial charge in [-0.05, 0) is 35.9 Å². The molecule has 6 heteroatoms. The maximum absolute atomic E-state index is 11.8. The van der Waals surface area contributed by atoms with Crippen molar-refractivity contribution in [2.24, 2.45) is 0 Å². The summed E-state index contributed by atoms with van der Waals surface area (Å²) in [5, 5.41) is 3.21. The third kappa shape index (κ3) is 4.72. The molecular formula is C17H16ClNO4. The van der Waals surface area contributed by atoms with Gasteiger partial charge in [0.25, 0.3) is 0 Å². The molecule has 0 aliphatic rings. The van der Waals surface area contributed by atoms with E-state index < -0.39 is 5.97 Å². The van der Waals surface area contributed by atoms with Crippen molar-refractivity contribution in [3.05, 3.63) is 58.6 Å². The average molecular weight is 334 g/mol. The summed E-state index contributed by atoms with van der Waals surface area (Å²) < 4.78 is 10.4. The van der Waals surface area contributed by atoms with E-state index in [2.05, 4.69) is 5.32 Å². The highest BCUT2D eigenvalue weighted by Crippen LogP contribution is 2.24. The van der Waals surface area contributed by atoms with Gasteiger partial charge in [0.1, 0.15) is 12.4 Å². The number of halogens is 1. The van der Waals surface area contributed by atoms with E-state index in [-0.39, 0.29) is 11.5 Å². The number of nitrogens with one attached hydrogen (secondary N) is 1. The molecule has 1 amide bonds. The van der Waals surface area contributed by atoms with Crippen molar-refractivity contribution in [2.45, 2.75) is 13.5 Å². The van der Waals surface area contributed by atoms with Crippen LogP contribution >= 0.6 is 11.6 Å². The first-order valence-corrected chi connectivity index (χ1v) is 7.24. The SMILES string of the molecule is COC(=O)c1cc(OCc2cccc(Cl)c2)ccc1NC(C)=O. The number of hydrogen-bond acceptors (Lipinski definition) is 4. The smallest absolute Gasteiger partial charge is 0.340 e. The Hall–Kier alpha value is -2.53. The number of rotatable bonds is 5. The quantitative estimate of drug-likeness (QED) is 0.848. The Morgan fingerprint density at radius 2 is 1.96 bits per heavy atom. The van der Waals surface area contributed by atoms with Crippen molar-refractivity contribution >= 4 is 29.2 Å². The van der Waals surface area contributed by atoms with Gasteiger partial charge in [-0.3, -0.25) is 4.79 Å². The third-order valence-corrected chi connectivity index (χ3v) is 3.24. The topological polar surface area (TPSA) is 64.6 Å². The predicted octanol–water partition coefficient (Wildman–Crippen LogP) is 3.66. The molecule has 0 aromatic heterocycles. The van der Waals surface area contributed by atoms with Gasteiger partial charge in [-0.1, -0.05) is 23.7 Å². The van der Waals surface area contributed by atoms with Crippen LogP contribution < -0.4 is 10.1 Å². The summed E-state index contributed by atoms with van der Waals surface area (Å²) in [5.41, 5.74) is 1.51. The molecule has 23 heavy (non-hydrogen) atoms. The minimum Gasteiger partial charge on any atom is -0.489 e. The molecular weight excluding hydrogens is 318 g/mol. The monoisotopic (exact) mass is 333 g/mol. The van der Waals surface area contributed by atoms with Crippen LogP contribution in [0.3, 0.4) is 0 Å². The Balaban J connectivity index is 2.19. The molecule has 2 aromatic carbocycles. The first-order chi connectivity index (χ1) is 11.0. The minimum absolute atomic E-state index is 0.228. The minimum atomic E-state index is -0.554. The number of methoxy groups -OCH3 is 1. The second kappa shape index (κ2) is 7.65. The number of benzene rings is 2. The van der Waals surface area contributed by atoms with Crippen molar-refractivity contribution in [1.82, 2.24) is 0 Å². The van der Waals surface area contributed by atoms with Crippen molar-refractivity contribution in [2.75, 3.05) is 12.4 Å². The van der Waals surface area contributed by atoms with Crippen LogP contribution in [-0.2, 0) is 16.1 Å². The van der Waals surface area contributed by atoms with E-state index in [9.17, 15) is 9.59 Å². The van der Waals surface area contributed by atoms with Gasteiger partial charge in [0, 0.05) is 11.9 Å². The Morgan fingerprint density at radius 3 is 2.61 bits per heavy atom. The molecule has 0 saturated heterocycles. The Labute approximate surface area is 139 Å². The molecule has 0 unspecified atom stereocenters. The van der Waals surface area contributed by atoms with Gasteiger partial charge >= 0.3 is 5.97 Å². The summed E-state index contributed by atoms with van der Waals surface area (Å²) in [7, 11) is 1.28. The number of esters is 1. The lowest BCUT2D eigenvalue weighted by atomic mass is 10.1. The van der Waals surface area contributed by atoms with E-state index >= 15 is 0 Å². The van der Waals surface area contributed by atoms with Gasteiger partial charge in [0.2, 0.25) is 5.91 Å². The fourth-order valence-electron chi connectivity index (χ4n) is 1.98. The number of ether oxygens (including phenoxy) is 2. The summed E-state index contributed by atoms with van der Waals surface area (Å²) in [6, 6.07) is 12.1. The standard InChI is InChI=1S/C17H16ClNO4/c1-11(20)19-16-7-6-14(9-15(16)17(21)22-2)23-10-12-4-3-5-13(18)8-12/h3-9H,10H2,1-2H3,(H,19,20). The van der Waals surface area contributed by atoms with Crippen LogP contribution in [-0.4, -0.2) is 19.0 Å². The summed E-state index contributed by atoms with van der Waals surface area (Å²) in [4.78, 5) is 23.0. The molecule has 1 N–H and O–H groups in total. The highest BCUT2D eigenvalue weighted by molar-refractivity contribution is 6.30. The van der Waals surface area contributed by atoms with Gasteiger partial charge in [0.15, 0.2) is 0 Å². The first-order valence-electron chi connectivity index (χ1n) is 6.87. The van der Waals surface area contributed by atoms with Gasteiger partial charge < -0.3 is 14.8 Å². The number of hydrogen-bond donors (Lipinski definition) is 1. The molecule has 5 nitrogen and oxygen atoms in total. The van der Waals surface area contributed by atoms with Crippen molar-refractivity contribution < 1.29 is 19.1 Å². The molecule has 2 rings (SSSR count). The summed E-state index contributed by atoms with van der Waals surface area (Å²) in [5.74, 6) is -0.343. The lowest BCUT2D eigenvalue weighted by Gasteiger charge is -2.12. The Morgan fingerprint density at radius 1 is 1.17 bits per heavy atom. The number of anilines is 1. The fourth-order valence-corrected chi connectivity index (χ4v) is 2.20. The normalized spacial score (nSPS) is 10.0. The summed E-state index contributed by atoms with van der Waals surface area (Å²) in [6.07, 6.45) is 0. The molecule has 0 spiro atoms. The number of carbonyl (C=O) groups is 2. The molecule has 120 valence electrons. The van der Waals surface area contributed by atoms with E-state index in [1.807, 2.05) is 12.1 Å². The van der Waals surface area contributed by atoms with Crippen LogP contribution in [0.4, 0.5) is 5.69 Å². The van der Waals surface area contributed by atoms with Crippen LogP contribution in [0.15, 0.2) is 42.5 Å². The van der Waals surface area contributed by atoms with E-state index in [1.165, 1.54) is 20.1 Å². The lowest BCUT2D eigenvalue weighted by Crippen LogP contribution is -2.12. The van der Waals surface area contributed by atoms with Gasteiger partial charge in [-0.15, -0.1) is 0 Å². The van der Waals surface area contributed by atoms with Gasteiger partial charge in [-0.25, -0.2) is 4.79 Å². The predicted molar refractivity (Wildman–Crippen MR) is 87.9 cm³/mol.